The Kier molecular flexibility index (Phi) is 3.16. The quantitative estimate of drug-likeness (QED) is 0.735. The van der Waals surface area contributed by atoms with Gasteiger partial charge in [-0.15, -0.1) is 0 Å². The smallest absolute Gasteiger partial charge is 0.0599 e. The third-order valence-electron chi connectivity index (χ3n) is 4.56. The Labute approximate surface area is 87.9 Å². The molecule has 14 heavy (non-hydrogen) atoms. The summed E-state index contributed by atoms with van der Waals surface area (Å²) < 4.78 is 0. The first kappa shape index (κ1) is 10.5. The van der Waals surface area contributed by atoms with Crippen LogP contribution in [0.5, 0.6) is 0 Å². The predicted molar refractivity (Wildman–Crippen MR) is 59.0 cm³/mol. The molecule has 0 saturated heterocycles. The van der Waals surface area contributed by atoms with Gasteiger partial charge in [-0.25, -0.2) is 0 Å². The summed E-state index contributed by atoms with van der Waals surface area (Å²) >= 11 is 0. The van der Waals surface area contributed by atoms with Crippen molar-refractivity contribution in [2.75, 3.05) is 0 Å². The predicted octanol–water partition coefficient (Wildman–Crippen LogP) is 3.22. The zero-order valence-electron chi connectivity index (χ0n) is 9.58. The SMILES string of the molecule is CCC1CCC(C(O)C2CC2C)CC1. The maximum absolute atomic E-state index is 10.1. The largest absolute Gasteiger partial charge is 0.393 e. The van der Waals surface area contributed by atoms with Crippen LogP contribution in [0.15, 0.2) is 0 Å². The first-order chi connectivity index (χ1) is 6.72. The summed E-state index contributed by atoms with van der Waals surface area (Å²) in [5.41, 5.74) is 0. The van der Waals surface area contributed by atoms with E-state index in [2.05, 4.69) is 13.8 Å². The van der Waals surface area contributed by atoms with Gasteiger partial charge in [0, 0.05) is 0 Å². The molecule has 3 unspecified atom stereocenters. The number of hydrogen-bond acceptors (Lipinski definition) is 1. The van der Waals surface area contributed by atoms with Crippen molar-refractivity contribution in [3.05, 3.63) is 0 Å². The van der Waals surface area contributed by atoms with E-state index in [1.165, 1.54) is 38.5 Å². The normalized spacial score (nSPS) is 44.8. The van der Waals surface area contributed by atoms with Crippen molar-refractivity contribution < 1.29 is 5.11 Å². The molecule has 0 aromatic carbocycles. The lowest BCUT2D eigenvalue weighted by Gasteiger charge is -2.31. The lowest BCUT2D eigenvalue weighted by Crippen LogP contribution is -2.27. The van der Waals surface area contributed by atoms with Gasteiger partial charge in [0.05, 0.1) is 6.10 Å². The van der Waals surface area contributed by atoms with Crippen LogP contribution in [0.3, 0.4) is 0 Å². The zero-order valence-corrected chi connectivity index (χ0v) is 9.58. The summed E-state index contributed by atoms with van der Waals surface area (Å²) in [5, 5.41) is 10.1. The van der Waals surface area contributed by atoms with Crippen molar-refractivity contribution in [3.63, 3.8) is 0 Å². The molecular formula is C13H24O. The molecule has 2 rings (SSSR count). The number of hydrogen-bond donors (Lipinski definition) is 1. The van der Waals surface area contributed by atoms with E-state index in [1.807, 2.05) is 0 Å². The van der Waals surface area contributed by atoms with Gasteiger partial charge in [-0.2, -0.15) is 0 Å². The molecule has 2 saturated carbocycles. The minimum absolute atomic E-state index is 0.0304. The Balaban J connectivity index is 1.77. The van der Waals surface area contributed by atoms with Crippen molar-refractivity contribution in [3.8, 4) is 0 Å². The highest BCUT2D eigenvalue weighted by Gasteiger charge is 2.42. The molecule has 0 aromatic heterocycles. The first-order valence-electron chi connectivity index (χ1n) is 6.40. The average molecular weight is 196 g/mol. The van der Waals surface area contributed by atoms with Crippen molar-refractivity contribution in [1.82, 2.24) is 0 Å². The molecule has 1 N–H and O–H groups in total. The summed E-state index contributed by atoms with van der Waals surface area (Å²) in [6, 6.07) is 0. The van der Waals surface area contributed by atoms with Gasteiger partial charge in [0.15, 0.2) is 0 Å². The Morgan fingerprint density at radius 2 is 1.79 bits per heavy atom. The van der Waals surface area contributed by atoms with Crippen LogP contribution in [-0.2, 0) is 0 Å². The molecule has 0 aliphatic heterocycles. The number of aliphatic hydroxyl groups excluding tert-OH is 1. The summed E-state index contributed by atoms with van der Waals surface area (Å²) in [7, 11) is 0. The molecule has 2 aliphatic carbocycles. The molecule has 0 spiro atoms. The molecule has 0 aromatic rings. The zero-order chi connectivity index (χ0) is 10.1. The molecule has 0 bridgehead atoms. The van der Waals surface area contributed by atoms with Crippen LogP contribution in [0.2, 0.25) is 0 Å². The second kappa shape index (κ2) is 4.22. The highest BCUT2D eigenvalue weighted by Crippen LogP contribution is 2.46. The lowest BCUT2D eigenvalue weighted by atomic mass is 9.77. The summed E-state index contributed by atoms with van der Waals surface area (Å²) in [6.45, 7) is 4.57. The molecule has 3 atom stereocenters. The van der Waals surface area contributed by atoms with Crippen molar-refractivity contribution in [2.24, 2.45) is 23.7 Å². The fourth-order valence-corrected chi connectivity index (χ4v) is 3.11. The molecule has 1 nitrogen and oxygen atoms in total. The van der Waals surface area contributed by atoms with E-state index in [-0.39, 0.29) is 6.10 Å². The summed E-state index contributed by atoms with van der Waals surface area (Å²) in [4.78, 5) is 0. The van der Waals surface area contributed by atoms with E-state index in [4.69, 9.17) is 0 Å². The molecule has 2 aliphatic rings. The van der Waals surface area contributed by atoms with E-state index in [0.29, 0.717) is 11.8 Å². The molecule has 0 amide bonds. The monoisotopic (exact) mass is 196 g/mol. The van der Waals surface area contributed by atoms with Crippen LogP contribution in [0.25, 0.3) is 0 Å². The van der Waals surface area contributed by atoms with Crippen LogP contribution >= 0.6 is 0 Å². The van der Waals surface area contributed by atoms with E-state index in [1.54, 1.807) is 0 Å². The first-order valence-corrected chi connectivity index (χ1v) is 6.40. The lowest BCUT2D eigenvalue weighted by molar-refractivity contribution is 0.0523. The molecular weight excluding hydrogens is 172 g/mol. The van der Waals surface area contributed by atoms with Crippen LogP contribution in [0.1, 0.15) is 52.4 Å². The standard InChI is InChI=1S/C13H24O/c1-3-10-4-6-11(7-5-10)13(14)12-8-9(12)2/h9-14H,3-8H2,1-2H3. The van der Waals surface area contributed by atoms with Crippen LogP contribution in [0, 0.1) is 23.7 Å². The van der Waals surface area contributed by atoms with Crippen molar-refractivity contribution >= 4 is 0 Å². The van der Waals surface area contributed by atoms with Gasteiger partial charge < -0.3 is 5.11 Å². The third kappa shape index (κ3) is 2.13. The molecule has 2 fully saturated rings. The van der Waals surface area contributed by atoms with E-state index < -0.39 is 0 Å². The minimum Gasteiger partial charge on any atom is -0.393 e. The van der Waals surface area contributed by atoms with Gasteiger partial charge in [-0.3, -0.25) is 0 Å². The van der Waals surface area contributed by atoms with E-state index in [9.17, 15) is 5.11 Å². The van der Waals surface area contributed by atoms with Crippen molar-refractivity contribution in [1.29, 1.82) is 0 Å². The van der Waals surface area contributed by atoms with Crippen molar-refractivity contribution in [2.45, 2.75) is 58.5 Å². The van der Waals surface area contributed by atoms with E-state index in [0.717, 1.165) is 11.8 Å². The molecule has 0 heterocycles. The Morgan fingerprint density at radius 3 is 2.21 bits per heavy atom. The third-order valence-corrected chi connectivity index (χ3v) is 4.56. The topological polar surface area (TPSA) is 20.2 Å². The second-order valence-electron chi connectivity index (χ2n) is 5.56. The molecule has 0 radical (unpaired) electrons. The maximum Gasteiger partial charge on any atom is 0.0599 e. The van der Waals surface area contributed by atoms with Crippen LogP contribution < -0.4 is 0 Å². The van der Waals surface area contributed by atoms with Crippen LogP contribution in [0.4, 0.5) is 0 Å². The minimum atomic E-state index is 0.0304. The molecule has 82 valence electrons. The molecule has 1 heteroatoms. The number of rotatable bonds is 3. The Hall–Kier alpha value is -0.0400. The maximum atomic E-state index is 10.1. The highest BCUT2D eigenvalue weighted by molar-refractivity contribution is 4.92. The Bertz CT molecular complexity index is 182. The average Bonchev–Trinajstić information content (AvgIpc) is 2.95. The number of aliphatic hydroxyl groups is 1. The van der Waals surface area contributed by atoms with Gasteiger partial charge in [0.25, 0.3) is 0 Å². The Morgan fingerprint density at radius 1 is 1.21 bits per heavy atom. The van der Waals surface area contributed by atoms with E-state index >= 15 is 0 Å². The van der Waals surface area contributed by atoms with Gasteiger partial charge in [0.2, 0.25) is 0 Å². The summed E-state index contributed by atoms with van der Waals surface area (Å²) in [5.74, 6) is 3.04. The highest BCUT2D eigenvalue weighted by atomic mass is 16.3. The summed E-state index contributed by atoms with van der Waals surface area (Å²) in [6.07, 6.45) is 7.92. The van der Waals surface area contributed by atoms with Crippen LogP contribution in [-0.4, -0.2) is 11.2 Å². The fraction of sp³-hybridized carbons (Fsp3) is 1.00. The second-order valence-corrected chi connectivity index (χ2v) is 5.56. The van der Waals surface area contributed by atoms with Gasteiger partial charge in [-0.05, 0) is 42.9 Å². The van der Waals surface area contributed by atoms with Gasteiger partial charge in [-0.1, -0.05) is 33.1 Å². The van der Waals surface area contributed by atoms with Gasteiger partial charge in [0.1, 0.15) is 0 Å². The van der Waals surface area contributed by atoms with Gasteiger partial charge >= 0.3 is 0 Å². The fourth-order valence-electron chi connectivity index (χ4n) is 3.11.